The molecular formula is C27H28ClN5O4. The van der Waals surface area contributed by atoms with Crippen molar-refractivity contribution in [3.63, 3.8) is 0 Å². The highest BCUT2D eigenvalue weighted by Gasteiger charge is 2.27. The van der Waals surface area contributed by atoms with Crippen LogP contribution in [0.2, 0.25) is 5.02 Å². The zero-order valence-electron chi connectivity index (χ0n) is 20.2. The molecule has 0 aliphatic heterocycles. The molecule has 0 fully saturated rings. The summed E-state index contributed by atoms with van der Waals surface area (Å²) in [5, 5.41) is 22.9. The highest BCUT2D eigenvalue weighted by Crippen LogP contribution is 2.23. The van der Waals surface area contributed by atoms with Crippen LogP contribution in [0.5, 0.6) is 0 Å². The molecule has 1 heterocycles. The van der Waals surface area contributed by atoms with Gasteiger partial charge in [0, 0.05) is 12.1 Å². The number of aromatic nitrogens is 3. The Balaban J connectivity index is 1.46. The normalized spacial score (nSPS) is 12.7. The number of ether oxygens (including phenoxy) is 1. The van der Waals surface area contributed by atoms with Gasteiger partial charge in [-0.15, -0.1) is 5.10 Å². The first kappa shape index (κ1) is 26.2. The van der Waals surface area contributed by atoms with Gasteiger partial charge in [0.05, 0.1) is 19.3 Å². The lowest BCUT2D eigenvalue weighted by molar-refractivity contribution is -0.141. The average Bonchev–Trinajstić information content (AvgIpc) is 2.87. The Morgan fingerprint density at radius 3 is 2.38 bits per heavy atom. The maximum atomic E-state index is 13.1. The molecule has 0 aliphatic carbocycles. The predicted molar refractivity (Wildman–Crippen MR) is 141 cm³/mol. The van der Waals surface area contributed by atoms with Crippen molar-refractivity contribution in [1.82, 2.24) is 20.3 Å². The number of carbonyl (C=O) groups is 2. The summed E-state index contributed by atoms with van der Waals surface area (Å²) in [5.41, 5.74) is 3.74. The van der Waals surface area contributed by atoms with Gasteiger partial charge in [0.2, 0.25) is 11.9 Å². The number of hydrogen-bond acceptors (Lipinski definition) is 5. The smallest absolute Gasteiger partial charge is 0.323 e. The summed E-state index contributed by atoms with van der Waals surface area (Å²) < 4.78 is 5.65. The third kappa shape index (κ3) is 7.53. The van der Waals surface area contributed by atoms with Crippen molar-refractivity contribution in [2.24, 2.45) is 7.05 Å². The molecular weight excluding hydrogens is 494 g/mol. The van der Waals surface area contributed by atoms with Crippen molar-refractivity contribution in [3.05, 3.63) is 95.0 Å². The van der Waals surface area contributed by atoms with E-state index in [1.54, 1.807) is 7.05 Å². The van der Waals surface area contributed by atoms with Crippen molar-refractivity contribution >= 4 is 29.4 Å². The van der Waals surface area contributed by atoms with Crippen molar-refractivity contribution < 1.29 is 19.4 Å². The molecule has 4 aromatic rings. The van der Waals surface area contributed by atoms with Gasteiger partial charge in [-0.1, -0.05) is 78.3 Å². The summed E-state index contributed by atoms with van der Waals surface area (Å²) in [6, 6.07) is 22.8. The first-order valence-corrected chi connectivity index (χ1v) is 12.1. The summed E-state index contributed by atoms with van der Waals surface area (Å²) in [6.07, 6.45) is 0.257. The Labute approximate surface area is 219 Å². The second-order valence-corrected chi connectivity index (χ2v) is 9.03. The molecule has 2 atom stereocenters. The van der Waals surface area contributed by atoms with Gasteiger partial charge < -0.3 is 9.84 Å². The van der Waals surface area contributed by atoms with Crippen molar-refractivity contribution in [2.75, 3.05) is 11.9 Å². The van der Waals surface area contributed by atoms with Gasteiger partial charge in [-0.3, -0.25) is 20.2 Å². The topological polar surface area (TPSA) is 121 Å². The minimum Gasteiger partial charge on any atom is -0.480 e. The zero-order valence-corrected chi connectivity index (χ0v) is 21.0. The van der Waals surface area contributed by atoms with Crippen molar-refractivity contribution in [1.29, 1.82) is 0 Å². The number of nitrogens with one attached hydrogen (secondary N) is 3. The van der Waals surface area contributed by atoms with Crippen LogP contribution in [0.15, 0.2) is 78.9 Å². The van der Waals surface area contributed by atoms with Crippen LogP contribution >= 0.6 is 11.6 Å². The van der Waals surface area contributed by atoms with E-state index in [2.05, 4.69) is 20.8 Å². The second-order valence-electron chi connectivity index (χ2n) is 8.60. The van der Waals surface area contributed by atoms with E-state index in [-0.39, 0.29) is 19.6 Å². The number of amides is 1. The van der Waals surface area contributed by atoms with Crippen LogP contribution in [0.25, 0.3) is 11.1 Å². The molecule has 1 aromatic heterocycles. The van der Waals surface area contributed by atoms with Crippen LogP contribution in [0, 0.1) is 0 Å². The molecule has 0 unspecified atom stereocenters. The molecule has 1 amide bonds. The Bertz CT molecular complexity index is 1310. The van der Waals surface area contributed by atoms with Gasteiger partial charge in [0.1, 0.15) is 6.04 Å². The molecule has 3 aromatic carbocycles. The van der Waals surface area contributed by atoms with Crippen LogP contribution < -0.4 is 10.6 Å². The molecule has 0 aliphatic rings. The molecule has 4 rings (SSSR count). The number of hydrogen-bond donors (Lipinski definition) is 4. The average molecular weight is 522 g/mol. The number of anilines is 1. The fraction of sp³-hybridized carbons (Fsp3) is 0.222. The third-order valence-corrected chi connectivity index (χ3v) is 5.96. The quantitative estimate of drug-likeness (QED) is 0.224. The van der Waals surface area contributed by atoms with Gasteiger partial charge in [-0.2, -0.15) is 0 Å². The lowest BCUT2D eigenvalue weighted by atomic mass is 10.00. The minimum absolute atomic E-state index is 0.107. The lowest BCUT2D eigenvalue weighted by Gasteiger charge is -2.23. The summed E-state index contributed by atoms with van der Waals surface area (Å²) in [6.45, 7) is 0.158. The summed E-state index contributed by atoms with van der Waals surface area (Å²) in [4.78, 5) is 26.5. The number of H-pyrrole nitrogens is 1. The van der Waals surface area contributed by atoms with Crippen LogP contribution in [-0.2, 0) is 34.4 Å². The Kier molecular flexibility index (Phi) is 8.73. The molecule has 0 saturated carbocycles. The lowest BCUT2D eigenvalue weighted by Crippen LogP contribution is -2.52. The highest BCUT2D eigenvalue weighted by atomic mass is 35.5. The van der Waals surface area contributed by atoms with E-state index < -0.39 is 24.0 Å². The van der Waals surface area contributed by atoms with Crippen molar-refractivity contribution in [3.8, 4) is 11.1 Å². The molecule has 192 valence electrons. The van der Waals surface area contributed by atoms with E-state index in [9.17, 15) is 14.7 Å². The van der Waals surface area contributed by atoms with Gasteiger partial charge >= 0.3 is 5.97 Å². The fourth-order valence-corrected chi connectivity index (χ4v) is 4.02. The number of aliphatic carboxylic acids is 1. The first-order chi connectivity index (χ1) is 17.9. The van der Waals surface area contributed by atoms with Crippen LogP contribution in [-0.4, -0.2) is 50.7 Å². The standard InChI is InChI=1S/C27H28ClN5O4/c1-33-31-27(32-33)30-25(34)23(29-24(26(35)36)17-37-16-19-6-3-2-4-7-19)14-18-10-12-20(13-11-18)21-8-5-9-22(28)15-21/h2-13,15,23-24,29H,14,16-17H2,1H3,(H,35,36)(H2,30,31,32,34)/t23-,24-/m0/s1. The van der Waals surface area contributed by atoms with E-state index in [0.29, 0.717) is 11.0 Å². The van der Waals surface area contributed by atoms with E-state index in [1.165, 1.54) is 4.80 Å². The number of halogens is 1. The van der Waals surface area contributed by atoms with E-state index in [0.717, 1.165) is 22.3 Å². The van der Waals surface area contributed by atoms with Crippen molar-refractivity contribution in [2.45, 2.75) is 25.1 Å². The number of aryl methyl sites for hydroxylation is 1. The predicted octanol–water partition coefficient (Wildman–Crippen LogP) is 3.88. The molecule has 4 N–H and O–H groups in total. The van der Waals surface area contributed by atoms with Gasteiger partial charge in [-0.25, -0.2) is 9.90 Å². The summed E-state index contributed by atoms with van der Waals surface area (Å²) in [5.74, 6) is -1.23. The number of carbonyl (C=O) groups excluding carboxylic acids is 1. The van der Waals surface area contributed by atoms with E-state index in [4.69, 9.17) is 16.3 Å². The molecule has 0 spiro atoms. The number of nitrogens with zero attached hydrogens (tertiary/aromatic N) is 2. The highest BCUT2D eigenvalue weighted by molar-refractivity contribution is 6.30. The second kappa shape index (κ2) is 12.4. The van der Waals surface area contributed by atoms with Crippen LogP contribution in [0.1, 0.15) is 11.1 Å². The molecule has 0 saturated heterocycles. The largest absolute Gasteiger partial charge is 0.480 e. The van der Waals surface area contributed by atoms with Crippen LogP contribution in [0.3, 0.4) is 0 Å². The number of rotatable bonds is 12. The monoisotopic (exact) mass is 521 g/mol. The molecule has 9 nitrogen and oxygen atoms in total. The van der Waals surface area contributed by atoms with Gasteiger partial charge in [0.15, 0.2) is 0 Å². The SMILES string of the molecule is Cn1nc(NC(=O)[C@H](Cc2ccc(-c3cccc(Cl)c3)cc2)N[C@@H](COCc2ccccc2)C(=O)O)[nH]1. The zero-order chi connectivity index (χ0) is 26.2. The Morgan fingerprint density at radius 2 is 1.73 bits per heavy atom. The molecule has 0 radical (unpaired) electrons. The number of carboxylic acids is 1. The van der Waals surface area contributed by atoms with E-state index >= 15 is 0 Å². The van der Waals surface area contributed by atoms with Crippen LogP contribution in [0.4, 0.5) is 5.95 Å². The third-order valence-electron chi connectivity index (χ3n) is 5.72. The number of carboxylic acid groups (broad SMARTS) is 1. The maximum absolute atomic E-state index is 13.1. The fourth-order valence-electron chi connectivity index (χ4n) is 3.83. The maximum Gasteiger partial charge on any atom is 0.323 e. The van der Waals surface area contributed by atoms with Gasteiger partial charge in [-0.05, 0) is 40.8 Å². The molecule has 10 heteroatoms. The summed E-state index contributed by atoms with van der Waals surface area (Å²) in [7, 11) is 1.69. The summed E-state index contributed by atoms with van der Waals surface area (Å²) >= 11 is 6.11. The first-order valence-electron chi connectivity index (χ1n) is 11.7. The number of aromatic amines is 1. The number of benzene rings is 3. The molecule has 37 heavy (non-hydrogen) atoms. The Hall–Kier alpha value is -3.92. The Morgan fingerprint density at radius 1 is 1.00 bits per heavy atom. The molecule has 0 bridgehead atoms. The minimum atomic E-state index is -1.11. The van der Waals surface area contributed by atoms with E-state index in [1.807, 2.05) is 78.9 Å². The van der Waals surface area contributed by atoms with Gasteiger partial charge in [0.25, 0.3) is 0 Å².